The molecular formula is C15H10BrF4NO2S. The monoisotopic (exact) mass is 423 g/mol. The molecule has 0 aromatic carbocycles. The zero-order chi connectivity index (χ0) is 17.9. The fourth-order valence-corrected chi connectivity index (χ4v) is 4.03. The number of ketones is 1. The van der Waals surface area contributed by atoms with Crippen LogP contribution in [0.5, 0.6) is 0 Å². The lowest BCUT2D eigenvalue weighted by molar-refractivity contribution is -0.190. The first-order chi connectivity index (χ1) is 11.1. The quantitative estimate of drug-likeness (QED) is 0.689. The highest BCUT2D eigenvalue weighted by Gasteiger charge is 2.72. The average molecular weight is 424 g/mol. The molecule has 2 aliphatic rings. The first kappa shape index (κ1) is 17.2. The summed E-state index contributed by atoms with van der Waals surface area (Å²) >= 11 is 4.91. The summed E-state index contributed by atoms with van der Waals surface area (Å²) in [4.78, 5) is 14.4. The zero-order valence-corrected chi connectivity index (χ0v) is 14.5. The van der Waals surface area contributed by atoms with Crippen molar-refractivity contribution in [2.24, 2.45) is 0 Å². The molecule has 1 aromatic heterocycles. The standard InChI is InChI=1S/C15H10BrF4NO2S/c1-7-9(16)6-10(24-7)8-2-4-21(5-3-8)11-12(22)14(17,18)15(19,20)13(11)23/h2-6,8,22H,1H3. The third-order valence-corrected chi connectivity index (χ3v) is 6.03. The maximum absolute atomic E-state index is 13.4. The average Bonchev–Trinajstić information content (AvgIpc) is 2.91. The molecule has 0 radical (unpaired) electrons. The van der Waals surface area contributed by atoms with Crippen LogP contribution >= 0.6 is 27.3 Å². The number of thiophene rings is 1. The second kappa shape index (κ2) is 5.45. The van der Waals surface area contributed by atoms with Gasteiger partial charge in [-0.05, 0) is 28.9 Å². The van der Waals surface area contributed by atoms with Crippen LogP contribution in [0, 0.1) is 6.92 Å². The number of alkyl halides is 4. The Balaban J connectivity index is 1.89. The van der Waals surface area contributed by atoms with E-state index in [1.807, 2.05) is 13.0 Å². The van der Waals surface area contributed by atoms with Gasteiger partial charge in [-0.1, -0.05) is 12.2 Å². The van der Waals surface area contributed by atoms with Crippen molar-refractivity contribution >= 4 is 33.0 Å². The van der Waals surface area contributed by atoms with Gasteiger partial charge in [0.05, 0.1) is 0 Å². The van der Waals surface area contributed by atoms with Crippen molar-refractivity contribution in [3.8, 4) is 0 Å². The van der Waals surface area contributed by atoms with E-state index in [2.05, 4.69) is 15.9 Å². The molecule has 3 nitrogen and oxygen atoms in total. The Labute approximate surface area is 146 Å². The first-order valence-corrected chi connectivity index (χ1v) is 8.33. The molecule has 0 amide bonds. The second-order valence-electron chi connectivity index (χ2n) is 5.34. The van der Waals surface area contributed by atoms with Crippen LogP contribution in [0.2, 0.25) is 0 Å². The molecule has 0 saturated heterocycles. The van der Waals surface area contributed by atoms with Crippen molar-refractivity contribution in [3.63, 3.8) is 0 Å². The number of aryl methyl sites for hydroxylation is 1. The molecule has 24 heavy (non-hydrogen) atoms. The number of hydrogen-bond donors (Lipinski definition) is 1. The van der Waals surface area contributed by atoms with Crippen LogP contribution < -0.4 is 0 Å². The van der Waals surface area contributed by atoms with Gasteiger partial charge in [-0.25, -0.2) is 0 Å². The van der Waals surface area contributed by atoms with Crippen LogP contribution in [0.25, 0.3) is 0 Å². The normalized spacial score (nSPS) is 22.8. The molecule has 0 unspecified atom stereocenters. The molecule has 0 saturated carbocycles. The van der Waals surface area contributed by atoms with Crippen molar-refractivity contribution in [3.05, 3.63) is 56.3 Å². The van der Waals surface area contributed by atoms with E-state index >= 15 is 0 Å². The second-order valence-corrected chi connectivity index (χ2v) is 7.49. The third kappa shape index (κ3) is 2.33. The minimum Gasteiger partial charge on any atom is -0.505 e. The molecule has 2 heterocycles. The Hall–Kier alpha value is -1.61. The van der Waals surface area contributed by atoms with Crippen LogP contribution in [-0.2, 0) is 4.79 Å². The number of aliphatic hydroxyl groups excluding tert-OH is 1. The minimum atomic E-state index is -4.96. The van der Waals surface area contributed by atoms with Crippen molar-refractivity contribution in [1.29, 1.82) is 0 Å². The fourth-order valence-electron chi connectivity index (χ4n) is 2.41. The van der Waals surface area contributed by atoms with Crippen LogP contribution in [0.4, 0.5) is 17.6 Å². The summed E-state index contributed by atoms with van der Waals surface area (Å²) in [7, 11) is 0. The molecule has 1 aliphatic heterocycles. The van der Waals surface area contributed by atoms with Gasteiger partial charge in [0.2, 0.25) is 0 Å². The number of rotatable bonds is 2. The highest BCUT2D eigenvalue weighted by atomic mass is 79.9. The van der Waals surface area contributed by atoms with E-state index in [4.69, 9.17) is 0 Å². The highest BCUT2D eigenvalue weighted by molar-refractivity contribution is 9.10. The van der Waals surface area contributed by atoms with E-state index in [1.165, 1.54) is 23.7 Å². The van der Waals surface area contributed by atoms with Gasteiger partial charge in [-0.2, -0.15) is 17.6 Å². The SMILES string of the molecule is Cc1sc(C2C=CN(C3=C(O)C(F)(F)C(F)(F)C3=O)C=C2)cc1Br. The van der Waals surface area contributed by atoms with Crippen molar-refractivity contribution in [2.45, 2.75) is 24.7 Å². The molecule has 128 valence electrons. The topological polar surface area (TPSA) is 40.5 Å². The van der Waals surface area contributed by atoms with E-state index in [0.717, 1.165) is 19.1 Å². The van der Waals surface area contributed by atoms with Crippen molar-refractivity contribution in [2.75, 3.05) is 0 Å². The largest absolute Gasteiger partial charge is 0.505 e. The predicted molar refractivity (Wildman–Crippen MR) is 84.2 cm³/mol. The summed E-state index contributed by atoms with van der Waals surface area (Å²) in [6, 6.07) is 1.90. The number of carbonyl (C=O) groups excluding carboxylic acids is 1. The molecule has 0 spiro atoms. The lowest BCUT2D eigenvalue weighted by Crippen LogP contribution is -2.43. The Morgan fingerprint density at radius 2 is 1.79 bits per heavy atom. The summed E-state index contributed by atoms with van der Waals surface area (Å²) in [5.74, 6) is -14.1. The Bertz CT molecular complexity index is 779. The molecule has 0 bridgehead atoms. The fraction of sp³-hybridized carbons (Fsp3) is 0.267. The van der Waals surface area contributed by atoms with Crippen molar-refractivity contribution < 1.29 is 27.5 Å². The van der Waals surface area contributed by atoms with Gasteiger partial charge < -0.3 is 10.0 Å². The van der Waals surface area contributed by atoms with E-state index in [1.54, 1.807) is 12.2 Å². The smallest absolute Gasteiger partial charge is 0.380 e. The van der Waals surface area contributed by atoms with E-state index < -0.39 is 29.1 Å². The van der Waals surface area contributed by atoms with Gasteiger partial charge >= 0.3 is 11.8 Å². The summed E-state index contributed by atoms with van der Waals surface area (Å²) in [6.45, 7) is 1.92. The van der Waals surface area contributed by atoms with Crippen molar-refractivity contribution in [1.82, 2.24) is 4.90 Å². The number of nitrogens with zero attached hydrogens (tertiary/aromatic N) is 1. The van der Waals surface area contributed by atoms with E-state index in [9.17, 15) is 27.5 Å². The number of allylic oxidation sites excluding steroid dienone is 4. The lowest BCUT2D eigenvalue weighted by Gasteiger charge is -2.21. The maximum atomic E-state index is 13.4. The molecule has 0 fully saturated rings. The highest BCUT2D eigenvalue weighted by Crippen LogP contribution is 2.49. The predicted octanol–water partition coefficient (Wildman–Crippen LogP) is 4.87. The first-order valence-electron chi connectivity index (χ1n) is 6.72. The van der Waals surface area contributed by atoms with Crippen LogP contribution in [0.3, 0.4) is 0 Å². The summed E-state index contributed by atoms with van der Waals surface area (Å²) in [6.07, 6.45) is 5.57. The number of hydrogen-bond acceptors (Lipinski definition) is 4. The minimum absolute atomic E-state index is 0.184. The van der Waals surface area contributed by atoms with Gasteiger partial charge in [0, 0.05) is 32.5 Å². The molecule has 9 heteroatoms. The lowest BCUT2D eigenvalue weighted by atomic mass is 10.1. The van der Waals surface area contributed by atoms with Crippen LogP contribution in [0.1, 0.15) is 15.7 Å². The maximum Gasteiger partial charge on any atom is 0.380 e. The summed E-state index contributed by atoms with van der Waals surface area (Å²) in [5, 5.41) is 9.41. The number of aliphatic hydroxyl groups is 1. The van der Waals surface area contributed by atoms with Gasteiger partial charge in [0.15, 0.2) is 5.76 Å². The molecule has 1 aliphatic carbocycles. The molecule has 0 atom stereocenters. The van der Waals surface area contributed by atoms with E-state index in [0.29, 0.717) is 0 Å². The summed E-state index contributed by atoms with van der Waals surface area (Å²) < 4.78 is 54.5. The van der Waals surface area contributed by atoms with Gasteiger partial charge in [0.1, 0.15) is 5.70 Å². The molecule has 3 rings (SSSR count). The van der Waals surface area contributed by atoms with Gasteiger partial charge in [-0.3, -0.25) is 4.79 Å². The van der Waals surface area contributed by atoms with Crippen LogP contribution in [-0.4, -0.2) is 27.6 Å². The van der Waals surface area contributed by atoms with Crippen LogP contribution in [0.15, 0.2) is 46.5 Å². The van der Waals surface area contributed by atoms with Gasteiger partial charge in [0.25, 0.3) is 5.78 Å². The van der Waals surface area contributed by atoms with Gasteiger partial charge in [-0.15, -0.1) is 11.3 Å². The number of halogens is 5. The van der Waals surface area contributed by atoms with E-state index in [-0.39, 0.29) is 5.92 Å². The molecule has 1 N–H and O–H groups in total. The molecule has 1 aromatic rings. The molecular weight excluding hydrogens is 414 g/mol. The summed E-state index contributed by atoms with van der Waals surface area (Å²) in [5.41, 5.74) is -1.11. The zero-order valence-electron chi connectivity index (χ0n) is 12.1. The Morgan fingerprint density at radius 3 is 2.21 bits per heavy atom. The third-order valence-electron chi connectivity index (χ3n) is 3.79. The number of Topliss-reactive ketones (excluding diaryl/α,β-unsaturated/α-hetero) is 1. The Morgan fingerprint density at radius 1 is 1.21 bits per heavy atom. The Kier molecular flexibility index (Phi) is 3.91. The number of carbonyl (C=O) groups is 1.